The van der Waals surface area contributed by atoms with Gasteiger partial charge in [0.2, 0.25) is 5.88 Å². The second kappa shape index (κ2) is 4.56. The predicted octanol–water partition coefficient (Wildman–Crippen LogP) is -0.299. The van der Waals surface area contributed by atoms with Gasteiger partial charge in [0.25, 0.3) is 5.91 Å². The molecule has 1 heterocycles. The quantitative estimate of drug-likeness (QED) is 0.692. The normalized spacial score (nSPS) is 9.80. The van der Waals surface area contributed by atoms with Crippen LogP contribution in [0.2, 0.25) is 0 Å². The summed E-state index contributed by atoms with van der Waals surface area (Å²) in [6, 6.07) is 0. The minimum atomic E-state index is -0.467. The third-order valence-electron chi connectivity index (χ3n) is 1.75. The average molecular weight is 212 g/mol. The van der Waals surface area contributed by atoms with E-state index in [9.17, 15) is 4.79 Å². The molecule has 1 rings (SSSR count). The molecule has 0 atom stereocenters. The van der Waals surface area contributed by atoms with Crippen LogP contribution in [0.25, 0.3) is 0 Å². The molecule has 0 spiro atoms. The largest absolute Gasteiger partial charge is 0.480 e. The number of ether oxygens (including phenoxy) is 1. The van der Waals surface area contributed by atoms with E-state index >= 15 is 0 Å². The molecule has 0 aliphatic heterocycles. The number of hydroxylamine groups is 2. The summed E-state index contributed by atoms with van der Waals surface area (Å²) in [4.78, 5) is 23.9. The minimum Gasteiger partial charge on any atom is -0.480 e. The Labute approximate surface area is 86.8 Å². The standard InChI is InChI=1S/C8H12N4O3/c1-12(15-3)8(13)6-7(9)11-5(14-2)4-10-6/h4H,1-3H3,(H2,9,11). The first-order chi connectivity index (χ1) is 7.10. The van der Waals surface area contributed by atoms with Gasteiger partial charge in [0.15, 0.2) is 11.5 Å². The molecular formula is C8H12N4O3. The van der Waals surface area contributed by atoms with Crippen LogP contribution in [0.3, 0.4) is 0 Å². The predicted molar refractivity (Wildman–Crippen MR) is 52.1 cm³/mol. The topological polar surface area (TPSA) is 90.6 Å². The van der Waals surface area contributed by atoms with Crippen molar-refractivity contribution in [2.75, 3.05) is 27.0 Å². The third kappa shape index (κ3) is 2.32. The van der Waals surface area contributed by atoms with Crippen molar-refractivity contribution in [2.24, 2.45) is 0 Å². The van der Waals surface area contributed by atoms with Gasteiger partial charge in [0.1, 0.15) is 0 Å². The van der Waals surface area contributed by atoms with E-state index in [1.807, 2.05) is 0 Å². The lowest BCUT2D eigenvalue weighted by Crippen LogP contribution is -2.27. The Morgan fingerprint density at radius 1 is 1.53 bits per heavy atom. The van der Waals surface area contributed by atoms with Gasteiger partial charge in [-0.3, -0.25) is 9.63 Å². The molecule has 15 heavy (non-hydrogen) atoms. The number of rotatable bonds is 3. The van der Waals surface area contributed by atoms with Crippen LogP contribution in [-0.2, 0) is 4.84 Å². The summed E-state index contributed by atoms with van der Waals surface area (Å²) < 4.78 is 4.81. The number of nitrogens with zero attached hydrogens (tertiary/aromatic N) is 3. The van der Waals surface area contributed by atoms with Crippen molar-refractivity contribution < 1.29 is 14.4 Å². The van der Waals surface area contributed by atoms with Gasteiger partial charge < -0.3 is 10.5 Å². The smallest absolute Gasteiger partial charge is 0.299 e. The van der Waals surface area contributed by atoms with Crippen molar-refractivity contribution in [1.29, 1.82) is 0 Å². The van der Waals surface area contributed by atoms with Crippen LogP contribution in [0.5, 0.6) is 5.88 Å². The molecule has 1 amide bonds. The molecule has 0 bridgehead atoms. The first kappa shape index (κ1) is 11.2. The lowest BCUT2D eigenvalue weighted by molar-refractivity contribution is -0.0760. The average Bonchev–Trinajstić information content (AvgIpc) is 2.26. The second-order valence-corrected chi connectivity index (χ2v) is 2.63. The van der Waals surface area contributed by atoms with Crippen LogP contribution < -0.4 is 10.5 Å². The Bertz CT molecular complexity index is 369. The highest BCUT2D eigenvalue weighted by Crippen LogP contribution is 2.12. The molecule has 0 fully saturated rings. The van der Waals surface area contributed by atoms with Gasteiger partial charge in [-0.15, -0.1) is 0 Å². The fourth-order valence-corrected chi connectivity index (χ4v) is 0.882. The van der Waals surface area contributed by atoms with Crippen molar-refractivity contribution in [2.45, 2.75) is 0 Å². The molecule has 0 saturated carbocycles. The number of nitrogens with two attached hydrogens (primary N) is 1. The zero-order valence-corrected chi connectivity index (χ0v) is 8.72. The summed E-state index contributed by atoms with van der Waals surface area (Å²) in [5, 5.41) is 1.01. The number of carbonyl (C=O) groups is 1. The summed E-state index contributed by atoms with van der Waals surface area (Å²) in [7, 11) is 4.25. The highest BCUT2D eigenvalue weighted by Gasteiger charge is 2.17. The molecular weight excluding hydrogens is 200 g/mol. The Morgan fingerprint density at radius 3 is 2.67 bits per heavy atom. The molecule has 0 unspecified atom stereocenters. The van der Waals surface area contributed by atoms with E-state index in [1.54, 1.807) is 0 Å². The van der Waals surface area contributed by atoms with Gasteiger partial charge in [-0.1, -0.05) is 0 Å². The molecule has 0 aliphatic carbocycles. The van der Waals surface area contributed by atoms with E-state index in [2.05, 4.69) is 9.97 Å². The maximum atomic E-state index is 11.6. The zero-order chi connectivity index (χ0) is 11.4. The summed E-state index contributed by atoms with van der Waals surface area (Å²) in [5.74, 6) is -0.211. The Hall–Kier alpha value is -1.89. The molecule has 82 valence electrons. The Balaban J connectivity index is 3.00. The number of hydrogen-bond donors (Lipinski definition) is 1. The van der Waals surface area contributed by atoms with Gasteiger partial charge in [-0.25, -0.2) is 10.0 Å². The van der Waals surface area contributed by atoms with Crippen LogP contribution in [-0.4, -0.2) is 42.2 Å². The SMILES string of the molecule is COc1cnc(C(=O)N(C)OC)c(N)n1. The highest BCUT2D eigenvalue weighted by molar-refractivity contribution is 5.95. The number of methoxy groups -OCH3 is 1. The molecule has 1 aromatic rings. The number of nitrogen functional groups attached to an aromatic ring is 1. The first-order valence-corrected chi connectivity index (χ1v) is 4.08. The zero-order valence-electron chi connectivity index (χ0n) is 8.72. The lowest BCUT2D eigenvalue weighted by atomic mass is 10.4. The number of aromatic nitrogens is 2. The fourth-order valence-electron chi connectivity index (χ4n) is 0.882. The Morgan fingerprint density at radius 2 is 2.20 bits per heavy atom. The van der Waals surface area contributed by atoms with Crippen LogP contribution in [0.1, 0.15) is 10.5 Å². The van der Waals surface area contributed by atoms with E-state index in [1.165, 1.54) is 27.5 Å². The molecule has 0 aliphatic rings. The highest BCUT2D eigenvalue weighted by atomic mass is 16.7. The maximum Gasteiger partial charge on any atom is 0.299 e. The first-order valence-electron chi connectivity index (χ1n) is 4.08. The van der Waals surface area contributed by atoms with Gasteiger partial charge in [-0.05, 0) is 0 Å². The van der Waals surface area contributed by atoms with Crippen molar-refractivity contribution in [3.05, 3.63) is 11.9 Å². The summed E-state index contributed by atoms with van der Waals surface area (Å²) >= 11 is 0. The monoisotopic (exact) mass is 212 g/mol. The summed E-state index contributed by atoms with van der Waals surface area (Å²) in [6.07, 6.45) is 1.31. The summed E-state index contributed by atoms with van der Waals surface area (Å²) in [6.45, 7) is 0. The summed E-state index contributed by atoms with van der Waals surface area (Å²) in [5.41, 5.74) is 5.56. The van der Waals surface area contributed by atoms with Crippen LogP contribution in [0, 0.1) is 0 Å². The molecule has 0 aromatic carbocycles. The molecule has 2 N–H and O–H groups in total. The van der Waals surface area contributed by atoms with Crippen molar-refractivity contribution in [3.8, 4) is 5.88 Å². The van der Waals surface area contributed by atoms with E-state index in [-0.39, 0.29) is 17.4 Å². The van der Waals surface area contributed by atoms with Crippen LogP contribution >= 0.6 is 0 Å². The minimum absolute atomic E-state index is 0.00301. The number of anilines is 1. The third-order valence-corrected chi connectivity index (χ3v) is 1.75. The van der Waals surface area contributed by atoms with E-state index in [0.717, 1.165) is 5.06 Å². The Kier molecular flexibility index (Phi) is 3.40. The van der Waals surface area contributed by atoms with Crippen LogP contribution in [0.15, 0.2) is 6.20 Å². The maximum absolute atomic E-state index is 11.6. The molecule has 7 heteroatoms. The second-order valence-electron chi connectivity index (χ2n) is 2.63. The van der Waals surface area contributed by atoms with E-state index < -0.39 is 5.91 Å². The molecule has 1 aromatic heterocycles. The molecule has 0 saturated heterocycles. The van der Waals surface area contributed by atoms with Gasteiger partial charge in [0, 0.05) is 7.05 Å². The molecule has 7 nitrogen and oxygen atoms in total. The van der Waals surface area contributed by atoms with Gasteiger partial charge in [0.05, 0.1) is 20.4 Å². The van der Waals surface area contributed by atoms with Crippen molar-refractivity contribution in [3.63, 3.8) is 0 Å². The van der Waals surface area contributed by atoms with Gasteiger partial charge >= 0.3 is 0 Å². The fraction of sp³-hybridized carbons (Fsp3) is 0.375. The van der Waals surface area contributed by atoms with E-state index in [4.69, 9.17) is 15.3 Å². The number of amides is 1. The van der Waals surface area contributed by atoms with Crippen LogP contribution in [0.4, 0.5) is 5.82 Å². The van der Waals surface area contributed by atoms with E-state index in [0.29, 0.717) is 0 Å². The number of carbonyl (C=O) groups excluding carboxylic acids is 1. The van der Waals surface area contributed by atoms with Gasteiger partial charge in [-0.2, -0.15) is 4.98 Å². The van der Waals surface area contributed by atoms with Crippen molar-refractivity contribution in [1.82, 2.24) is 15.0 Å². The van der Waals surface area contributed by atoms with Crippen molar-refractivity contribution >= 4 is 11.7 Å². The lowest BCUT2D eigenvalue weighted by Gasteiger charge is -2.13. The number of hydrogen-bond acceptors (Lipinski definition) is 6. The molecule has 0 radical (unpaired) electrons.